The van der Waals surface area contributed by atoms with Gasteiger partial charge in [0.15, 0.2) is 5.82 Å². The molecule has 0 unspecified atom stereocenters. The number of nitrogens with one attached hydrogen (secondary N) is 3. The van der Waals surface area contributed by atoms with E-state index in [0.717, 1.165) is 5.56 Å². The Morgan fingerprint density at radius 2 is 1.96 bits per heavy atom. The lowest BCUT2D eigenvalue weighted by Crippen LogP contribution is -2.26. The fourth-order valence-corrected chi connectivity index (χ4v) is 1.71. The molecule has 9 nitrogen and oxygen atoms in total. The van der Waals surface area contributed by atoms with Crippen LogP contribution in [0.25, 0.3) is 0 Å². The van der Waals surface area contributed by atoms with Crippen LogP contribution in [0.5, 0.6) is 0 Å². The first kappa shape index (κ1) is 16.6. The number of rotatable bonds is 5. The van der Waals surface area contributed by atoms with Gasteiger partial charge in [-0.25, -0.2) is 9.89 Å². The lowest BCUT2D eigenvalue weighted by molar-refractivity contribution is -0.117. The van der Waals surface area contributed by atoms with Crippen LogP contribution in [0.2, 0.25) is 0 Å². The minimum absolute atomic E-state index is 0.144. The van der Waals surface area contributed by atoms with Crippen molar-refractivity contribution >= 4 is 11.7 Å². The Labute approximate surface area is 131 Å². The molecule has 1 aromatic heterocycles. The van der Waals surface area contributed by atoms with Crippen LogP contribution in [-0.2, 0) is 22.7 Å². The van der Waals surface area contributed by atoms with E-state index in [0.29, 0.717) is 24.9 Å². The number of ether oxygens (including phenoxy) is 1. The summed E-state index contributed by atoms with van der Waals surface area (Å²) in [5.74, 6) is 0.736. The van der Waals surface area contributed by atoms with Crippen molar-refractivity contribution in [1.82, 2.24) is 20.5 Å². The molecule has 0 saturated heterocycles. The third-order valence-corrected chi connectivity index (χ3v) is 2.75. The number of amides is 1. The zero-order valence-electron chi connectivity index (χ0n) is 12.3. The molecule has 0 fully saturated rings. The molecule has 4 N–H and O–H groups in total. The molecule has 9 heteroatoms. The van der Waals surface area contributed by atoms with Gasteiger partial charge < -0.3 is 15.2 Å². The first-order chi connectivity index (χ1) is 11.2. The maximum Gasteiger partial charge on any atom is 0.340 e. The Bertz CT molecular complexity index is 707. The highest BCUT2D eigenvalue weighted by molar-refractivity contribution is 6.04. The Balaban J connectivity index is 0.000000203. The van der Waals surface area contributed by atoms with Gasteiger partial charge in [0.25, 0.3) is 0 Å². The topological polar surface area (TPSA) is 132 Å². The zero-order valence-corrected chi connectivity index (χ0v) is 12.3. The number of benzene rings is 1. The SMILES string of the molecule is O=C1CN=C(CO)N1.O=c1[nH]nc(COCc2ccccc2)[nH]1. The van der Waals surface area contributed by atoms with Gasteiger partial charge in [-0.15, -0.1) is 0 Å². The predicted octanol–water partition coefficient (Wildman–Crippen LogP) is -0.678. The minimum atomic E-state index is -0.312. The second kappa shape index (κ2) is 8.61. The molecule has 0 atom stereocenters. The number of carbonyl (C=O) groups excluding carboxylic acids is 1. The highest BCUT2D eigenvalue weighted by Gasteiger charge is 2.10. The molecule has 0 spiro atoms. The minimum Gasteiger partial charge on any atom is -0.388 e. The van der Waals surface area contributed by atoms with Gasteiger partial charge in [0.1, 0.15) is 25.6 Å². The summed E-state index contributed by atoms with van der Waals surface area (Å²) in [6.45, 7) is 0.797. The zero-order chi connectivity index (χ0) is 16.5. The third-order valence-electron chi connectivity index (χ3n) is 2.75. The molecule has 1 amide bonds. The van der Waals surface area contributed by atoms with Gasteiger partial charge in [-0.3, -0.25) is 14.8 Å². The van der Waals surface area contributed by atoms with Crippen LogP contribution in [-0.4, -0.2) is 45.2 Å². The summed E-state index contributed by atoms with van der Waals surface area (Å²) < 4.78 is 5.37. The van der Waals surface area contributed by atoms with Gasteiger partial charge in [0.2, 0.25) is 5.91 Å². The number of aromatic amines is 2. The fraction of sp³-hybridized carbons (Fsp3) is 0.286. The molecular weight excluding hydrogens is 302 g/mol. The van der Waals surface area contributed by atoms with E-state index in [9.17, 15) is 9.59 Å². The van der Waals surface area contributed by atoms with E-state index in [1.54, 1.807) is 0 Å². The van der Waals surface area contributed by atoms with Gasteiger partial charge in [-0.1, -0.05) is 30.3 Å². The average molecular weight is 319 g/mol. The highest BCUT2D eigenvalue weighted by atomic mass is 16.5. The van der Waals surface area contributed by atoms with Gasteiger partial charge in [-0.2, -0.15) is 5.10 Å². The molecule has 0 radical (unpaired) electrons. The molecule has 1 aliphatic heterocycles. The maximum atomic E-state index is 10.7. The first-order valence-corrected chi connectivity index (χ1v) is 6.86. The molecule has 2 aromatic rings. The number of carbonyl (C=O) groups is 1. The van der Waals surface area contributed by atoms with E-state index < -0.39 is 0 Å². The van der Waals surface area contributed by atoms with Crippen LogP contribution in [0.4, 0.5) is 0 Å². The lowest BCUT2D eigenvalue weighted by Gasteiger charge is -2.01. The number of nitrogens with zero attached hydrogens (tertiary/aromatic N) is 2. The summed E-state index contributed by atoms with van der Waals surface area (Å²) in [7, 11) is 0. The lowest BCUT2D eigenvalue weighted by atomic mass is 10.2. The van der Waals surface area contributed by atoms with Crippen LogP contribution in [0.15, 0.2) is 40.1 Å². The van der Waals surface area contributed by atoms with Crippen LogP contribution in [0, 0.1) is 0 Å². The van der Waals surface area contributed by atoms with Crippen molar-refractivity contribution in [3.8, 4) is 0 Å². The van der Waals surface area contributed by atoms with Gasteiger partial charge >= 0.3 is 5.69 Å². The number of hydrogen-bond donors (Lipinski definition) is 4. The molecule has 1 aromatic carbocycles. The predicted molar refractivity (Wildman–Crippen MR) is 81.7 cm³/mol. The van der Waals surface area contributed by atoms with E-state index in [1.807, 2.05) is 30.3 Å². The van der Waals surface area contributed by atoms with Crippen molar-refractivity contribution in [3.63, 3.8) is 0 Å². The highest BCUT2D eigenvalue weighted by Crippen LogP contribution is 2.01. The average Bonchev–Trinajstić information content (AvgIpc) is 3.17. The van der Waals surface area contributed by atoms with Gasteiger partial charge in [-0.05, 0) is 5.56 Å². The van der Waals surface area contributed by atoms with Crippen LogP contribution in [0.1, 0.15) is 11.4 Å². The number of aliphatic hydroxyl groups is 1. The number of H-pyrrole nitrogens is 2. The number of aliphatic hydroxyl groups excluding tert-OH is 1. The van der Waals surface area contributed by atoms with E-state index in [2.05, 4.69) is 25.5 Å². The summed E-state index contributed by atoms with van der Waals surface area (Å²) in [5.41, 5.74) is 0.781. The molecule has 1 aliphatic rings. The first-order valence-electron chi connectivity index (χ1n) is 6.86. The monoisotopic (exact) mass is 319 g/mol. The van der Waals surface area contributed by atoms with E-state index in [4.69, 9.17) is 9.84 Å². The molecule has 122 valence electrons. The van der Waals surface area contributed by atoms with Crippen molar-refractivity contribution in [3.05, 3.63) is 52.2 Å². The summed E-state index contributed by atoms with van der Waals surface area (Å²) in [4.78, 5) is 27.1. The third kappa shape index (κ3) is 5.85. The van der Waals surface area contributed by atoms with E-state index in [-0.39, 0.29) is 24.7 Å². The fourth-order valence-electron chi connectivity index (χ4n) is 1.71. The number of hydrogen-bond acceptors (Lipinski definition) is 6. The smallest absolute Gasteiger partial charge is 0.340 e. The Morgan fingerprint density at radius 1 is 1.17 bits per heavy atom. The van der Waals surface area contributed by atoms with Crippen molar-refractivity contribution in [2.24, 2.45) is 4.99 Å². The summed E-state index contributed by atoms with van der Waals surface area (Å²) in [6.07, 6.45) is 0. The van der Waals surface area contributed by atoms with Crippen molar-refractivity contribution in [2.45, 2.75) is 13.2 Å². The maximum absolute atomic E-state index is 10.7. The molecular formula is C14H17N5O4. The second-order valence-corrected chi connectivity index (χ2v) is 4.57. The van der Waals surface area contributed by atoms with Crippen molar-refractivity contribution in [2.75, 3.05) is 13.2 Å². The summed E-state index contributed by atoms with van der Waals surface area (Å²) in [5, 5.41) is 16.7. The second-order valence-electron chi connectivity index (χ2n) is 4.57. The standard InChI is InChI=1S/C10H11N3O2.C4H6N2O2/c14-10-11-9(12-13-10)7-15-6-8-4-2-1-3-5-8;7-2-3-5-1-4(8)6-3/h1-5H,6-7H2,(H2,11,12,13,14);7H,1-2H2,(H,5,6,8). The quantitative estimate of drug-likeness (QED) is 0.580. The Kier molecular flexibility index (Phi) is 6.21. The molecule has 0 aliphatic carbocycles. The molecule has 2 heterocycles. The number of amidine groups is 1. The van der Waals surface area contributed by atoms with Crippen LogP contribution < -0.4 is 11.0 Å². The Hall–Kier alpha value is -2.78. The van der Waals surface area contributed by atoms with Crippen LogP contribution in [0.3, 0.4) is 0 Å². The van der Waals surface area contributed by atoms with E-state index >= 15 is 0 Å². The van der Waals surface area contributed by atoms with Gasteiger partial charge in [0.05, 0.1) is 6.61 Å². The molecule has 0 bridgehead atoms. The van der Waals surface area contributed by atoms with Crippen LogP contribution >= 0.6 is 0 Å². The summed E-state index contributed by atoms with van der Waals surface area (Å²) in [6, 6.07) is 9.82. The number of aromatic nitrogens is 3. The number of aliphatic imine (C=N–C) groups is 1. The molecule has 3 rings (SSSR count). The largest absolute Gasteiger partial charge is 0.388 e. The molecule has 0 saturated carbocycles. The van der Waals surface area contributed by atoms with E-state index in [1.165, 1.54) is 0 Å². The van der Waals surface area contributed by atoms with Crippen molar-refractivity contribution < 1.29 is 14.6 Å². The summed E-state index contributed by atoms with van der Waals surface area (Å²) >= 11 is 0. The Morgan fingerprint density at radius 3 is 2.48 bits per heavy atom. The molecule has 23 heavy (non-hydrogen) atoms. The van der Waals surface area contributed by atoms with Crippen molar-refractivity contribution in [1.29, 1.82) is 0 Å². The normalized spacial score (nSPS) is 13.1. The van der Waals surface area contributed by atoms with Gasteiger partial charge in [0, 0.05) is 0 Å².